The Bertz CT molecular complexity index is 1290. The molecule has 0 unspecified atom stereocenters. The molecule has 4 aromatic rings. The van der Waals surface area contributed by atoms with Crippen molar-refractivity contribution in [3.05, 3.63) is 84.9 Å². The minimum Gasteiger partial charge on any atom is -0.332 e. The fourth-order valence-corrected chi connectivity index (χ4v) is 6.05. The van der Waals surface area contributed by atoms with Gasteiger partial charge in [0.05, 0.1) is 16.8 Å². The van der Waals surface area contributed by atoms with E-state index >= 15 is 0 Å². The Hall–Kier alpha value is -2.77. The summed E-state index contributed by atoms with van der Waals surface area (Å²) in [4.78, 5) is 35.8. The highest BCUT2D eigenvalue weighted by Gasteiger charge is 2.26. The average molecular weight is 450 g/mol. The number of hydrogen-bond donors (Lipinski definition) is 0. The van der Waals surface area contributed by atoms with Crippen molar-refractivity contribution in [3.63, 3.8) is 0 Å². The van der Waals surface area contributed by atoms with E-state index in [1.807, 2.05) is 41.5 Å². The molecule has 3 aromatic heterocycles. The molecule has 0 saturated carbocycles. The number of rotatable bonds is 6. The van der Waals surface area contributed by atoms with Crippen LogP contribution in [0.1, 0.15) is 37.9 Å². The predicted molar refractivity (Wildman–Crippen MR) is 126 cm³/mol. The van der Waals surface area contributed by atoms with Crippen LogP contribution in [0.4, 0.5) is 0 Å². The van der Waals surface area contributed by atoms with Gasteiger partial charge in [-0.2, -0.15) is 0 Å². The molecular formula is C24H23N3O2S2. The van der Waals surface area contributed by atoms with E-state index < -0.39 is 0 Å². The summed E-state index contributed by atoms with van der Waals surface area (Å²) in [5.74, 6) is 0.826. The SMILES string of the molecule is Cc1c(C(=O)N(CCc2ccccc2)Cc2cccs2)sc2nc3n(c(=O)c12)CCC3. The Balaban J connectivity index is 1.49. The Morgan fingerprint density at radius 1 is 1.19 bits per heavy atom. The third kappa shape index (κ3) is 3.83. The van der Waals surface area contributed by atoms with Crippen LogP contribution < -0.4 is 5.56 Å². The summed E-state index contributed by atoms with van der Waals surface area (Å²) in [6.07, 6.45) is 2.57. The van der Waals surface area contributed by atoms with Gasteiger partial charge in [-0.25, -0.2) is 4.98 Å². The largest absolute Gasteiger partial charge is 0.332 e. The first kappa shape index (κ1) is 20.2. The lowest BCUT2D eigenvalue weighted by atomic mass is 10.1. The van der Waals surface area contributed by atoms with Gasteiger partial charge in [0.15, 0.2) is 0 Å². The summed E-state index contributed by atoms with van der Waals surface area (Å²) in [6, 6.07) is 14.3. The van der Waals surface area contributed by atoms with E-state index in [-0.39, 0.29) is 11.5 Å². The number of fused-ring (bicyclic) bond motifs is 2. The minimum atomic E-state index is -0.0191. The topological polar surface area (TPSA) is 55.2 Å². The molecule has 0 aliphatic carbocycles. The average Bonchev–Trinajstić information content (AvgIpc) is 3.52. The number of carbonyl (C=O) groups excluding carboxylic acids is 1. The molecule has 1 aromatic carbocycles. The minimum absolute atomic E-state index is 0.000563. The van der Waals surface area contributed by atoms with Crippen LogP contribution in [-0.2, 0) is 25.9 Å². The molecule has 0 bridgehead atoms. The van der Waals surface area contributed by atoms with Gasteiger partial charge in [-0.15, -0.1) is 22.7 Å². The molecule has 7 heteroatoms. The van der Waals surface area contributed by atoms with Gasteiger partial charge in [0.25, 0.3) is 11.5 Å². The summed E-state index contributed by atoms with van der Waals surface area (Å²) in [5, 5.41) is 2.64. The second-order valence-corrected chi connectivity index (χ2v) is 9.90. The van der Waals surface area contributed by atoms with Crippen molar-refractivity contribution < 1.29 is 4.79 Å². The number of aromatic nitrogens is 2. The molecule has 0 spiro atoms. The van der Waals surface area contributed by atoms with Crippen LogP contribution in [0.2, 0.25) is 0 Å². The summed E-state index contributed by atoms with van der Waals surface area (Å²) < 4.78 is 1.77. The number of benzene rings is 1. The van der Waals surface area contributed by atoms with Crippen LogP contribution in [0, 0.1) is 6.92 Å². The Morgan fingerprint density at radius 3 is 2.81 bits per heavy atom. The molecule has 1 aliphatic heterocycles. The van der Waals surface area contributed by atoms with Crippen LogP contribution in [0.25, 0.3) is 10.2 Å². The third-order valence-electron chi connectivity index (χ3n) is 5.83. The highest BCUT2D eigenvalue weighted by Crippen LogP contribution is 2.30. The third-order valence-corrected chi connectivity index (χ3v) is 7.87. The molecule has 0 atom stereocenters. The number of aryl methyl sites for hydroxylation is 2. The molecular weight excluding hydrogens is 426 g/mol. The lowest BCUT2D eigenvalue weighted by Crippen LogP contribution is -2.32. The van der Waals surface area contributed by atoms with E-state index in [9.17, 15) is 9.59 Å². The molecule has 0 saturated heterocycles. The number of carbonyl (C=O) groups is 1. The van der Waals surface area contributed by atoms with Crippen molar-refractivity contribution in [2.45, 2.75) is 39.3 Å². The monoisotopic (exact) mass is 449 g/mol. The van der Waals surface area contributed by atoms with Crippen LogP contribution in [0.15, 0.2) is 52.6 Å². The standard InChI is InChI=1S/C24H23N3O2S2/c1-16-20-22(25-19-10-5-12-27(19)23(20)28)31-21(16)24(29)26(15-18-9-6-14-30-18)13-11-17-7-3-2-4-8-17/h2-4,6-9,14H,5,10-13,15H2,1H3. The maximum absolute atomic E-state index is 13.7. The number of hydrogen-bond acceptors (Lipinski definition) is 5. The molecule has 5 nitrogen and oxygen atoms in total. The molecule has 5 rings (SSSR count). The van der Waals surface area contributed by atoms with Gasteiger partial charge in [-0.1, -0.05) is 36.4 Å². The van der Waals surface area contributed by atoms with Gasteiger partial charge < -0.3 is 4.90 Å². The lowest BCUT2D eigenvalue weighted by molar-refractivity contribution is 0.0751. The van der Waals surface area contributed by atoms with Gasteiger partial charge in [0, 0.05) is 24.4 Å². The molecule has 0 N–H and O–H groups in total. The Morgan fingerprint density at radius 2 is 2.03 bits per heavy atom. The zero-order valence-corrected chi connectivity index (χ0v) is 19.0. The van der Waals surface area contributed by atoms with Gasteiger partial charge in [0.1, 0.15) is 10.7 Å². The highest BCUT2D eigenvalue weighted by atomic mass is 32.1. The maximum Gasteiger partial charge on any atom is 0.264 e. The zero-order chi connectivity index (χ0) is 21.4. The lowest BCUT2D eigenvalue weighted by Gasteiger charge is -2.22. The van der Waals surface area contributed by atoms with E-state index in [1.54, 1.807) is 15.9 Å². The second kappa shape index (κ2) is 8.40. The zero-order valence-electron chi connectivity index (χ0n) is 17.3. The quantitative estimate of drug-likeness (QED) is 0.430. The summed E-state index contributed by atoms with van der Waals surface area (Å²) in [6.45, 7) is 3.80. The summed E-state index contributed by atoms with van der Waals surface area (Å²) in [7, 11) is 0. The Kier molecular flexibility index (Phi) is 5.46. The van der Waals surface area contributed by atoms with E-state index in [0.717, 1.165) is 42.1 Å². The molecule has 1 aliphatic rings. The van der Waals surface area contributed by atoms with E-state index in [4.69, 9.17) is 4.98 Å². The van der Waals surface area contributed by atoms with Crippen LogP contribution >= 0.6 is 22.7 Å². The first-order valence-electron chi connectivity index (χ1n) is 10.5. The first-order chi connectivity index (χ1) is 15.1. The van der Waals surface area contributed by atoms with Crippen molar-refractivity contribution in [1.82, 2.24) is 14.5 Å². The fourth-order valence-electron chi connectivity index (χ4n) is 4.17. The molecule has 158 valence electrons. The molecule has 4 heterocycles. The number of nitrogens with zero attached hydrogens (tertiary/aromatic N) is 3. The predicted octanol–water partition coefficient (Wildman–Crippen LogP) is 4.66. The Labute approximate surface area is 188 Å². The van der Waals surface area contributed by atoms with Gasteiger partial charge >= 0.3 is 0 Å². The molecule has 0 fully saturated rings. The fraction of sp³-hybridized carbons (Fsp3) is 0.292. The molecule has 1 amide bonds. The van der Waals surface area contributed by atoms with E-state index in [2.05, 4.69) is 18.2 Å². The number of amides is 1. The van der Waals surface area contributed by atoms with Crippen molar-refractivity contribution in [1.29, 1.82) is 0 Å². The second-order valence-electron chi connectivity index (χ2n) is 7.87. The van der Waals surface area contributed by atoms with Crippen molar-refractivity contribution in [3.8, 4) is 0 Å². The van der Waals surface area contributed by atoms with Crippen LogP contribution in [-0.4, -0.2) is 26.9 Å². The summed E-state index contributed by atoms with van der Waals surface area (Å²) in [5.41, 5.74) is 1.97. The van der Waals surface area contributed by atoms with E-state index in [0.29, 0.717) is 28.2 Å². The molecule has 0 radical (unpaired) electrons. The smallest absolute Gasteiger partial charge is 0.264 e. The summed E-state index contributed by atoms with van der Waals surface area (Å²) >= 11 is 3.02. The number of thiophene rings is 2. The van der Waals surface area contributed by atoms with Gasteiger partial charge in [-0.05, 0) is 42.3 Å². The molecule has 31 heavy (non-hydrogen) atoms. The van der Waals surface area contributed by atoms with Crippen molar-refractivity contribution in [2.24, 2.45) is 0 Å². The van der Waals surface area contributed by atoms with Crippen LogP contribution in [0.5, 0.6) is 0 Å². The van der Waals surface area contributed by atoms with Crippen molar-refractivity contribution in [2.75, 3.05) is 6.54 Å². The van der Waals surface area contributed by atoms with Crippen LogP contribution in [0.3, 0.4) is 0 Å². The highest BCUT2D eigenvalue weighted by molar-refractivity contribution is 7.20. The first-order valence-corrected chi connectivity index (χ1v) is 12.2. The maximum atomic E-state index is 13.7. The van der Waals surface area contributed by atoms with Gasteiger partial charge in [-0.3, -0.25) is 14.2 Å². The van der Waals surface area contributed by atoms with Crippen molar-refractivity contribution >= 4 is 38.8 Å². The van der Waals surface area contributed by atoms with E-state index in [1.165, 1.54) is 16.9 Å². The van der Waals surface area contributed by atoms with Gasteiger partial charge in [0.2, 0.25) is 0 Å². The normalized spacial score (nSPS) is 12.9.